The largest absolute Gasteiger partial charge is 0.505 e. The van der Waals surface area contributed by atoms with Crippen molar-refractivity contribution < 1.29 is 108 Å². The number of epoxide rings is 5. The van der Waals surface area contributed by atoms with Gasteiger partial charge in [-0.1, -0.05) is 73.1 Å². The molecule has 8 fully saturated rings. The van der Waals surface area contributed by atoms with Crippen molar-refractivity contribution in [3.8, 4) is 0 Å². The number of carbonyl (C=O) groups is 4. The smallest absolute Gasteiger partial charge is 0.422 e. The van der Waals surface area contributed by atoms with E-state index in [-0.39, 0.29) is 23.0 Å². The van der Waals surface area contributed by atoms with Gasteiger partial charge in [0.1, 0.15) is 17.3 Å². The number of allylic oxidation sites excluding steroid dienone is 1. The second-order valence-electron chi connectivity index (χ2n) is 21.9. The molecule has 20 nitrogen and oxygen atoms in total. The van der Waals surface area contributed by atoms with E-state index in [0.717, 1.165) is 91.8 Å². The zero-order chi connectivity index (χ0) is 69.0. The summed E-state index contributed by atoms with van der Waals surface area (Å²) in [5, 5.41) is 0. The highest BCUT2D eigenvalue weighted by Gasteiger charge is 2.44. The molecule has 0 aromatic rings. The second kappa shape index (κ2) is 54.4. The third-order valence-electron chi connectivity index (χ3n) is 12.7. The number of halogens is 3. The minimum Gasteiger partial charge on any atom is -0.505 e. The molecule has 518 valence electrons. The van der Waals surface area contributed by atoms with Gasteiger partial charge in [0, 0.05) is 71.1 Å². The van der Waals surface area contributed by atoms with Crippen LogP contribution in [-0.2, 0) is 95.0 Å². The van der Waals surface area contributed by atoms with E-state index in [4.69, 9.17) is 52.1 Å². The topological polar surface area (TPSA) is 232 Å². The van der Waals surface area contributed by atoms with Crippen molar-refractivity contribution in [3.63, 3.8) is 0 Å². The highest BCUT2D eigenvalue weighted by molar-refractivity contribution is 5.89. The van der Waals surface area contributed by atoms with Crippen LogP contribution in [0.2, 0.25) is 0 Å². The van der Waals surface area contributed by atoms with Gasteiger partial charge in [0.15, 0.2) is 5.78 Å². The SMILES string of the molecule is C=C(C(=O)OC)C(F)(F)F.C=C(C)C(=O)OC.C=CC(=O)CC.C=CC(=O)OC.C=CCOC.C=COC.CC1CO1.CC1OC1(C)C.CCC1(COC)COC1.CCCC1(C)COC1.COCC1(C)CO1.COCC1CCC2OC2C1.COCC1CO1. The van der Waals surface area contributed by atoms with Gasteiger partial charge in [-0.15, -0.1) is 6.58 Å². The Kier molecular flexibility index (Phi) is 57.1. The van der Waals surface area contributed by atoms with Crippen molar-refractivity contribution >= 4 is 23.7 Å². The summed E-state index contributed by atoms with van der Waals surface area (Å²) in [5.41, 5.74) is 0.149. The fraction of sp³-hybridized carbons (Fsp3) is 0.754. The molecule has 88 heavy (non-hydrogen) atoms. The normalized spacial score (nSPS) is 22.8. The van der Waals surface area contributed by atoms with Gasteiger partial charge in [-0.2, -0.15) is 13.2 Å². The van der Waals surface area contributed by atoms with Crippen molar-refractivity contribution in [1.82, 2.24) is 0 Å². The zero-order valence-corrected chi connectivity index (χ0v) is 57.3. The quantitative estimate of drug-likeness (QED) is 0.0292. The van der Waals surface area contributed by atoms with Crippen LogP contribution in [0, 0.1) is 16.7 Å². The molecule has 1 aliphatic carbocycles. The summed E-state index contributed by atoms with van der Waals surface area (Å²) in [4.78, 5) is 40.2. The molecule has 0 spiro atoms. The van der Waals surface area contributed by atoms with Crippen LogP contribution in [0.25, 0.3) is 0 Å². The first-order chi connectivity index (χ1) is 41.2. The Hall–Kier alpha value is -4.37. The number of fused-ring (bicyclic) bond motifs is 1. The van der Waals surface area contributed by atoms with E-state index < -0.39 is 23.7 Å². The maximum Gasteiger partial charge on any atom is 0.422 e. The minimum absolute atomic E-state index is 0.0781. The molecule has 0 aromatic heterocycles. The van der Waals surface area contributed by atoms with Crippen LogP contribution in [0.5, 0.6) is 0 Å². The van der Waals surface area contributed by atoms with Crippen LogP contribution in [0.3, 0.4) is 0 Å². The molecule has 7 atom stereocenters. The van der Waals surface area contributed by atoms with Gasteiger partial charge in [0.25, 0.3) is 0 Å². The summed E-state index contributed by atoms with van der Waals surface area (Å²) in [6, 6.07) is 0. The van der Waals surface area contributed by atoms with Gasteiger partial charge in [-0.05, 0) is 85.6 Å². The summed E-state index contributed by atoms with van der Waals surface area (Å²) >= 11 is 0. The number of esters is 3. The summed E-state index contributed by atoms with van der Waals surface area (Å²) in [6.07, 6.45) is 11.7. The summed E-state index contributed by atoms with van der Waals surface area (Å²) in [5.74, 6) is -1.31. The van der Waals surface area contributed by atoms with Gasteiger partial charge in [0.2, 0.25) is 0 Å². The van der Waals surface area contributed by atoms with Crippen LogP contribution in [0.4, 0.5) is 13.2 Å². The molecule has 0 N–H and O–H groups in total. The van der Waals surface area contributed by atoms with Crippen LogP contribution in [0.1, 0.15) is 114 Å². The fourth-order valence-electron chi connectivity index (χ4n) is 6.30. The molecule has 0 bridgehead atoms. The molecule has 8 rings (SSSR count). The Labute approximate surface area is 527 Å². The Balaban J connectivity index is -0.000000285. The van der Waals surface area contributed by atoms with Gasteiger partial charge in [-0.3, -0.25) is 4.79 Å². The van der Waals surface area contributed by atoms with Crippen molar-refractivity contribution in [2.45, 2.75) is 162 Å². The van der Waals surface area contributed by atoms with E-state index >= 15 is 0 Å². The van der Waals surface area contributed by atoms with Gasteiger partial charge >= 0.3 is 24.1 Å². The van der Waals surface area contributed by atoms with Crippen LogP contribution in [-0.4, -0.2) is 215 Å². The minimum atomic E-state index is -4.69. The van der Waals surface area contributed by atoms with E-state index in [2.05, 4.69) is 112 Å². The number of carbonyl (C=O) groups excluding carboxylic acids is 4. The molecular formula is C65H117F3O20. The van der Waals surface area contributed by atoms with E-state index in [1.807, 2.05) is 13.8 Å². The molecule has 7 aliphatic heterocycles. The monoisotopic (exact) mass is 1270 g/mol. The Bertz CT molecular complexity index is 1830. The van der Waals surface area contributed by atoms with E-state index in [1.54, 1.807) is 55.7 Å². The summed E-state index contributed by atoms with van der Waals surface area (Å²) in [7, 11) is 13.6. The number of methoxy groups -OCH3 is 9. The van der Waals surface area contributed by atoms with Gasteiger partial charge < -0.3 is 75.8 Å². The fourth-order valence-corrected chi connectivity index (χ4v) is 6.30. The lowest BCUT2D eigenvalue weighted by atomic mass is 9.84. The standard InChI is InChI=1S/C8H14O2.C7H14O2.C7H14O.C5H5F3O2.C5H10O2.C5H8O2.C5H10O.C5H8O.C4H8O2.C4H6O2.C4H8O.2C3H6O/c1-9-5-6-2-3-7-8(4-6)10-7;1-3-7(4-8-2)5-9-6-7;1-3-4-7(2)5-8-6-7;1-3(4(9)10-2)5(6,7)8;1-5(3-6-2)4-7-5;1-4(2)5(6)7-3;1-4-5(2,3)6-4;1-3-5(6)4-2;1-5-2-4-3-6-4;1-3-4(5)6-2;1-3-4-5-2;1-3-2-4-3;1-3-4-2/h6-8H,2-5H2,1H3;3-6H2,1-2H3;3-6H2,1-2H3;1H2,2H3;3-4H2,1-2H3;1H2,2-3H3;4H,1-3H3;3H,1,4H2,2H3;4H,2-3H2,1H3;3H,1H2,2H3;3H,1,4H2,2H3;3H,2H2,1H3;3H,1H2,2H3. The van der Waals surface area contributed by atoms with Crippen LogP contribution >= 0.6 is 0 Å². The highest BCUT2D eigenvalue weighted by atomic mass is 19.4. The predicted molar refractivity (Wildman–Crippen MR) is 336 cm³/mol. The molecule has 8 aliphatic rings. The zero-order valence-electron chi connectivity index (χ0n) is 57.3. The first-order valence-electron chi connectivity index (χ1n) is 29.2. The number of alkyl halides is 3. The average molecular weight is 1280 g/mol. The van der Waals surface area contributed by atoms with Crippen molar-refractivity contribution in [2.75, 3.05) is 143 Å². The summed E-state index contributed by atoms with van der Waals surface area (Å²) < 4.78 is 111. The number of rotatable bonds is 19. The molecule has 0 amide bonds. The van der Waals surface area contributed by atoms with Crippen LogP contribution < -0.4 is 0 Å². The first kappa shape index (κ1) is 92.4. The molecule has 1 saturated carbocycles. The Morgan fingerprint density at radius 3 is 1.30 bits per heavy atom. The summed E-state index contributed by atoms with van der Waals surface area (Å²) in [6.45, 7) is 49.9. The first-order valence-corrected chi connectivity index (χ1v) is 29.2. The van der Waals surface area contributed by atoms with E-state index in [9.17, 15) is 32.3 Å². The maximum atomic E-state index is 11.5. The maximum absolute atomic E-state index is 11.5. The highest BCUT2D eigenvalue weighted by Crippen LogP contribution is 2.39. The predicted octanol–water partition coefficient (Wildman–Crippen LogP) is 11.2. The van der Waals surface area contributed by atoms with Gasteiger partial charge in [0.05, 0.1) is 137 Å². The average Bonchev–Trinajstić information content (AvgIpc) is 4.28. The lowest BCUT2D eigenvalue weighted by molar-refractivity contribution is -0.148. The number of ether oxygens (including phenoxy) is 16. The van der Waals surface area contributed by atoms with Crippen molar-refractivity contribution in [3.05, 3.63) is 75.1 Å². The van der Waals surface area contributed by atoms with Crippen molar-refractivity contribution in [1.29, 1.82) is 0 Å². The Morgan fingerprint density at radius 1 is 0.670 bits per heavy atom. The van der Waals surface area contributed by atoms with Crippen molar-refractivity contribution in [2.24, 2.45) is 16.7 Å². The number of hydrogen-bond acceptors (Lipinski definition) is 20. The molecular weight excluding hydrogens is 1160 g/mol. The lowest BCUT2D eigenvalue weighted by Gasteiger charge is -2.39. The third kappa shape index (κ3) is 56.8. The molecule has 0 radical (unpaired) electrons. The third-order valence-corrected chi connectivity index (χ3v) is 12.7. The van der Waals surface area contributed by atoms with Crippen LogP contribution in [0.15, 0.2) is 75.1 Å². The number of ketones is 1. The molecule has 23 heteroatoms. The number of hydrogen-bond donors (Lipinski definition) is 0. The van der Waals surface area contributed by atoms with E-state index in [1.165, 1.54) is 65.1 Å². The van der Waals surface area contributed by atoms with E-state index in [0.29, 0.717) is 60.0 Å². The molecule has 7 heterocycles. The second-order valence-corrected chi connectivity index (χ2v) is 21.9. The molecule has 7 unspecified atom stereocenters. The lowest BCUT2D eigenvalue weighted by Crippen LogP contribution is -2.45. The molecule has 7 saturated heterocycles. The van der Waals surface area contributed by atoms with Gasteiger partial charge in [-0.25, -0.2) is 14.4 Å². The molecule has 0 aromatic carbocycles. The Morgan fingerprint density at radius 2 is 1.16 bits per heavy atom.